The molecule has 5 nitrogen and oxygen atoms in total. The summed E-state index contributed by atoms with van der Waals surface area (Å²) in [6.07, 6.45) is 2.72. The summed E-state index contributed by atoms with van der Waals surface area (Å²) in [4.78, 5) is 0. The second-order valence-corrected chi connectivity index (χ2v) is 11.1. The Bertz CT molecular complexity index is 1370. The van der Waals surface area contributed by atoms with Crippen LogP contribution in [0.2, 0.25) is 0 Å². The summed E-state index contributed by atoms with van der Waals surface area (Å²) in [7, 11) is -0.541. The quantitative estimate of drug-likeness (QED) is 0.268. The van der Waals surface area contributed by atoms with Gasteiger partial charge in [0.15, 0.2) is 6.29 Å². The molecule has 0 radical (unpaired) electrons. The molecule has 2 aliphatic heterocycles. The first-order valence-electron chi connectivity index (χ1n) is 14.0. The molecule has 0 bridgehead atoms. The smallest absolute Gasteiger partial charge is 0.463 e. The van der Waals surface area contributed by atoms with Crippen LogP contribution >= 0.6 is 0 Å². The van der Waals surface area contributed by atoms with Crippen molar-refractivity contribution in [3.8, 4) is 11.4 Å². The van der Waals surface area contributed by atoms with Gasteiger partial charge in [-0.3, -0.25) is 0 Å². The fourth-order valence-electron chi connectivity index (χ4n) is 5.34. The highest BCUT2D eigenvalue weighted by Gasteiger charge is 2.53. The topological polar surface area (TPSA) is 41.9 Å². The fraction of sp³-hybridized carbons (Fsp3) is 0.438. The lowest BCUT2D eigenvalue weighted by Gasteiger charge is -2.32. The Labute approximate surface area is 227 Å². The summed E-state index contributed by atoms with van der Waals surface area (Å²) < 4.78 is 28.2. The number of aromatic nitrogens is 1. The Morgan fingerprint density at radius 2 is 1.42 bits per heavy atom. The Balaban J connectivity index is 0.00000144. The van der Waals surface area contributed by atoms with E-state index in [0.29, 0.717) is 6.61 Å². The minimum absolute atomic E-state index is 0.297. The van der Waals surface area contributed by atoms with E-state index in [1.54, 1.807) is 0 Å². The van der Waals surface area contributed by atoms with E-state index in [0.717, 1.165) is 52.8 Å². The molecule has 0 N–H and O–H groups in total. The second kappa shape index (κ2) is 10.4. The van der Waals surface area contributed by atoms with Crippen molar-refractivity contribution in [1.29, 1.82) is 0 Å². The first kappa shape index (κ1) is 26.8. The van der Waals surface area contributed by atoms with Crippen molar-refractivity contribution in [2.45, 2.75) is 85.2 Å². The van der Waals surface area contributed by atoms with E-state index in [-0.39, 0.29) is 6.29 Å². The first-order chi connectivity index (χ1) is 18.2. The van der Waals surface area contributed by atoms with Crippen LogP contribution < -0.4 is 10.2 Å². The number of hydrogen-bond acceptors (Lipinski definition) is 4. The van der Waals surface area contributed by atoms with Crippen molar-refractivity contribution in [1.82, 2.24) is 4.57 Å². The largest absolute Gasteiger partial charge is 0.498 e. The summed E-state index contributed by atoms with van der Waals surface area (Å²) in [5, 5.41) is 2.43. The molecule has 6 heteroatoms. The molecule has 0 amide bonds. The van der Waals surface area contributed by atoms with Gasteiger partial charge in [0.05, 0.1) is 34.5 Å². The van der Waals surface area contributed by atoms with Crippen LogP contribution in [-0.4, -0.2) is 35.8 Å². The molecule has 2 aliphatic rings. The van der Waals surface area contributed by atoms with Gasteiger partial charge >= 0.3 is 7.12 Å². The van der Waals surface area contributed by atoms with Gasteiger partial charge in [0.2, 0.25) is 0 Å². The van der Waals surface area contributed by atoms with E-state index < -0.39 is 18.3 Å². The molecule has 6 rings (SSSR count). The third-order valence-electron chi connectivity index (χ3n) is 7.96. The van der Waals surface area contributed by atoms with Crippen molar-refractivity contribution in [3.05, 3.63) is 66.2 Å². The zero-order chi connectivity index (χ0) is 27.1. The first-order valence-corrected chi connectivity index (χ1v) is 14.0. The van der Waals surface area contributed by atoms with Crippen LogP contribution in [0.15, 0.2) is 60.7 Å². The average molecular weight is 513 g/mol. The Morgan fingerprint density at radius 3 is 1.97 bits per heavy atom. The zero-order valence-electron chi connectivity index (χ0n) is 23.8. The van der Waals surface area contributed by atoms with Crippen LogP contribution in [0.3, 0.4) is 0 Å². The van der Waals surface area contributed by atoms with Crippen LogP contribution in [-0.2, 0) is 14.0 Å². The van der Waals surface area contributed by atoms with Gasteiger partial charge in [-0.15, -0.1) is 0 Å². The lowest BCUT2D eigenvalue weighted by Crippen LogP contribution is -2.41. The van der Waals surface area contributed by atoms with Crippen LogP contribution in [0.1, 0.15) is 66.4 Å². The van der Waals surface area contributed by atoms with Gasteiger partial charge in [0, 0.05) is 22.7 Å². The van der Waals surface area contributed by atoms with Gasteiger partial charge in [-0.25, -0.2) is 0 Å². The van der Waals surface area contributed by atoms with E-state index >= 15 is 0 Å². The van der Waals surface area contributed by atoms with Crippen LogP contribution in [0.4, 0.5) is 0 Å². The molecule has 38 heavy (non-hydrogen) atoms. The molecule has 2 fully saturated rings. The molecule has 0 aliphatic carbocycles. The molecule has 0 spiro atoms. The van der Waals surface area contributed by atoms with E-state index in [1.165, 1.54) is 10.8 Å². The van der Waals surface area contributed by atoms with E-state index in [9.17, 15) is 0 Å². The van der Waals surface area contributed by atoms with E-state index in [1.807, 2.05) is 13.8 Å². The summed E-state index contributed by atoms with van der Waals surface area (Å²) in [5.74, 6) is 0.762. The predicted molar refractivity (Wildman–Crippen MR) is 157 cm³/mol. The highest BCUT2D eigenvalue weighted by molar-refractivity contribution is 6.63. The predicted octanol–water partition coefficient (Wildman–Crippen LogP) is 7.32. The van der Waals surface area contributed by atoms with Gasteiger partial charge in [-0.1, -0.05) is 56.3 Å². The Hall–Kier alpha value is -2.80. The molecule has 3 heterocycles. The molecule has 2 saturated heterocycles. The van der Waals surface area contributed by atoms with Crippen LogP contribution in [0, 0.1) is 6.92 Å². The molecule has 1 atom stereocenters. The third-order valence-corrected chi connectivity index (χ3v) is 7.96. The number of fused-ring (bicyclic) bond motifs is 3. The molecular formula is C32H40BNO4. The SMILES string of the molecule is CC.Cc1cc(B2OC(C)(C)C(C)(C)O2)c(OC2CCCCO2)c(-n2c3ccccc3c3ccccc32)c1. The molecule has 4 aromatic rings. The minimum atomic E-state index is -0.541. The van der Waals surface area contributed by atoms with Crippen molar-refractivity contribution < 1.29 is 18.8 Å². The van der Waals surface area contributed by atoms with Gasteiger partial charge in [0.1, 0.15) is 5.75 Å². The van der Waals surface area contributed by atoms with Gasteiger partial charge in [-0.05, 0) is 71.2 Å². The van der Waals surface area contributed by atoms with Crippen molar-refractivity contribution >= 4 is 34.4 Å². The summed E-state index contributed by atoms with van der Waals surface area (Å²) in [6, 6.07) is 21.4. The van der Waals surface area contributed by atoms with Crippen molar-refractivity contribution in [3.63, 3.8) is 0 Å². The Kier molecular flexibility index (Phi) is 7.34. The lowest BCUT2D eigenvalue weighted by molar-refractivity contribution is -0.105. The molecule has 3 aromatic carbocycles. The maximum atomic E-state index is 6.74. The standard InChI is InChI=1S/C30H34BNO4.C2H6/c1-20-18-23(31-35-29(2,3)30(4,5)36-31)28(34-27-16-10-11-17-33-27)26(19-20)32-24-14-8-6-12-21(24)22-13-7-9-15-25(22)32;1-2/h6-9,12-15,18-19,27H,10-11,16-17H2,1-5H3;1-2H3. The lowest BCUT2D eigenvalue weighted by atomic mass is 9.77. The monoisotopic (exact) mass is 513 g/mol. The molecule has 0 saturated carbocycles. The number of aryl methyl sites for hydroxylation is 1. The van der Waals surface area contributed by atoms with Crippen LogP contribution in [0.5, 0.6) is 5.75 Å². The van der Waals surface area contributed by atoms with Gasteiger partial charge in [0.25, 0.3) is 0 Å². The second-order valence-electron chi connectivity index (χ2n) is 11.1. The maximum Gasteiger partial charge on any atom is 0.498 e. The summed E-state index contributed by atoms with van der Waals surface area (Å²) in [6.45, 7) is 15.2. The number of ether oxygens (including phenoxy) is 2. The summed E-state index contributed by atoms with van der Waals surface area (Å²) >= 11 is 0. The third kappa shape index (κ3) is 4.63. The Morgan fingerprint density at radius 1 is 0.842 bits per heavy atom. The minimum Gasteiger partial charge on any atom is -0.463 e. The molecular weight excluding hydrogens is 473 g/mol. The molecule has 1 unspecified atom stereocenters. The highest BCUT2D eigenvalue weighted by Crippen LogP contribution is 2.40. The summed E-state index contributed by atoms with van der Waals surface area (Å²) in [5.41, 5.74) is 4.37. The van der Waals surface area contributed by atoms with Gasteiger partial charge < -0.3 is 23.3 Å². The van der Waals surface area contributed by atoms with E-state index in [4.69, 9.17) is 18.8 Å². The molecule has 1 aromatic heterocycles. The van der Waals surface area contributed by atoms with E-state index in [2.05, 4.69) is 99.8 Å². The highest BCUT2D eigenvalue weighted by atomic mass is 16.7. The van der Waals surface area contributed by atoms with Gasteiger partial charge in [-0.2, -0.15) is 0 Å². The maximum absolute atomic E-state index is 6.74. The normalized spacial score (nSPS) is 20.4. The zero-order valence-corrected chi connectivity index (χ0v) is 23.8. The average Bonchev–Trinajstić information content (AvgIpc) is 3.36. The number of benzene rings is 3. The van der Waals surface area contributed by atoms with Crippen LogP contribution in [0.25, 0.3) is 27.5 Å². The fourth-order valence-corrected chi connectivity index (χ4v) is 5.34. The number of nitrogens with zero attached hydrogens (tertiary/aromatic N) is 1. The molecule has 200 valence electrons. The number of rotatable bonds is 4. The number of para-hydroxylation sites is 2. The number of hydrogen-bond donors (Lipinski definition) is 0. The van der Waals surface area contributed by atoms with Crippen molar-refractivity contribution in [2.75, 3.05) is 6.61 Å². The van der Waals surface area contributed by atoms with Crippen molar-refractivity contribution in [2.24, 2.45) is 0 Å².